The first-order valence-electron chi connectivity index (χ1n) is 7.26. The van der Waals surface area contributed by atoms with Gasteiger partial charge in [0.15, 0.2) is 0 Å². The smallest absolute Gasteiger partial charge is 0.141 e. The highest BCUT2D eigenvalue weighted by molar-refractivity contribution is 5.81. The van der Waals surface area contributed by atoms with E-state index in [9.17, 15) is 0 Å². The summed E-state index contributed by atoms with van der Waals surface area (Å²) in [7, 11) is 0. The topological polar surface area (TPSA) is 43.8 Å². The lowest BCUT2D eigenvalue weighted by atomic mass is 10.1. The Morgan fingerprint density at radius 1 is 1.05 bits per heavy atom. The lowest BCUT2D eigenvalue weighted by molar-refractivity contribution is 0.442. The number of benzene rings is 2. The number of hydrogen-bond donors (Lipinski definition) is 1. The van der Waals surface area contributed by atoms with Crippen LogP contribution >= 0.6 is 0 Å². The van der Waals surface area contributed by atoms with E-state index < -0.39 is 0 Å². The van der Waals surface area contributed by atoms with Gasteiger partial charge in [-0.15, -0.1) is 0 Å². The van der Waals surface area contributed by atoms with Crippen LogP contribution in [-0.2, 0) is 6.54 Å². The van der Waals surface area contributed by atoms with Crippen molar-refractivity contribution < 1.29 is 0 Å². The van der Waals surface area contributed by atoms with Crippen molar-refractivity contribution >= 4 is 11.0 Å². The van der Waals surface area contributed by atoms with E-state index in [0.717, 1.165) is 29.0 Å². The molecule has 3 heteroatoms. The molecule has 1 aromatic heterocycles. The number of hydrogen-bond acceptors (Lipinski definition) is 2. The molecule has 0 saturated carbocycles. The predicted molar refractivity (Wildman–Crippen MR) is 88.2 cm³/mol. The highest BCUT2D eigenvalue weighted by Gasteiger charge is 2.19. The van der Waals surface area contributed by atoms with Gasteiger partial charge in [-0.2, -0.15) is 0 Å². The molecule has 0 spiro atoms. The van der Waals surface area contributed by atoms with Crippen LogP contribution in [0.4, 0.5) is 0 Å². The zero-order chi connectivity index (χ0) is 15.0. The number of nitrogens with zero attached hydrogens (tertiary/aromatic N) is 2. The highest BCUT2D eigenvalue weighted by atomic mass is 15.1. The molecule has 0 aliphatic carbocycles. The second-order valence-corrected chi connectivity index (χ2v) is 6.31. The van der Waals surface area contributed by atoms with Crippen molar-refractivity contribution in [1.82, 2.24) is 9.55 Å². The van der Waals surface area contributed by atoms with Crippen molar-refractivity contribution in [2.24, 2.45) is 5.73 Å². The van der Waals surface area contributed by atoms with Crippen LogP contribution < -0.4 is 5.73 Å². The van der Waals surface area contributed by atoms with Gasteiger partial charge in [-0.05, 0) is 38.5 Å². The summed E-state index contributed by atoms with van der Waals surface area (Å²) in [5.74, 6) is 0.993. The van der Waals surface area contributed by atoms with E-state index in [2.05, 4.69) is 47.9 Å². The molecule has 0 saturated heterocycles. The zero-order valence-corrected chi connectivity index (χ0v) is 12.8. The molecule has 0 amide bonds. The molecular weight excluding hydrogens is 258 g/mol. The molecular formula is C18H21N3. The molecule has 3 rings (SSSR count). The molecule has 3 aromatic rings. The minimum absolute atomic E-state index is 0.291. The molecule has 3 nitrogen and oxygen atoms in total. The Morgan fingerprint density at radius 3 is 2.43 bits per heavy atom. The Labute approximate surface area is 125 Å². The molecule has 108 valence electrons. The number of imidazole rings is 1. The second-order valence-electron chi connectivity index (χ2n) is 6.31. The standard InChI is InChI=1S/C18H21N3/c1-13-8-4-5-9-14(13)17-20-15-10-6-7-11-16(15)21(17)12-18(2,3)19/h4-11H,12,19H2,1-3H3. The van der Waals surface area contributed by atoms with Crippen LogP contribution in [0.25, 0.3) is 22.4 Å². The number of nitrogens with two attached hydrogens (primary N) is 1. The monoisotopic (exact) mass is 279 g/mol. The van der Waals surface area contributed by atoms with Gasteiger partial charge in [-0.25, -0.2) is 4.98 Å². The Morgan fingerprint density at radius 2 is 1.71 bits per heavy atom. The van der Waals surface area contributed by atoms with Crippen LogP contribution in [0.2, 0.25) is 0 Å². The molecule has 2 N–H and O–H groups in total. The lowest BCUT2D eigenvalue weighted by Crippen LogP contribution is -2.37. The molecule has 0 unspecified atom stereocenters. The fourth-order valence-electron chi connectivity index (χ4n) is 2.67. The number of aromatic nitrogens is 2. The van der Waals surface area contributed by atoms with Gasteiger partial charge >= 0.3 is 0 Å². The third-order valence-corrected chi connectivity index (χ3v) is 3.61. The Hall–Kier alpha value is -2.13. The summed E-state index contributed by atoms with van der Waals surface area (Å²) in [6.07, 6.45) is 0. The molecule has 0 radical (unpaired) electrons. The average molecular weight is 279 g/mol. The third kappa shape index (κ3) is 2.69. The largest absolute Gasteiger partial charge is 0.324 e. The number of para-hydroxylation sites is 2. The van der Waals surface area contributed by atoms with Crippen molar-refractivity contribution in [1.29, 1.82) is 0 Å². The van der Waals surface area contributed by atoms with Crippen LogP contribution in [0.5, 0.6) is 0 Å². The SMILES string of the molecule is Cc1ccccc1-c1nc2ccccc2n1CC(C)(C)N. The first-order chi connectivity index (χ1) is 9.96. The molecule has 2 aromatic carbocycles. The van der Waals surface area contributed by atoms with Gasteiger partial charge in [0, 0.05) is 17.6 Å². The molecule has 0 fully saturated rings. The summed E-state index contributed by atoms with van der Waals surface area (Å²) in [5, 5.41) is 0. The fraction of sp³-hybridized carbons (Fsp3) is 0.278. The van der Waals surface area contributed by atoms with Gasteiger partial charge in [0.05, 0.1) is 11.0 Å². The van der Waals surface area contributed by atoms with E-state index in [4.69, 9.17) is 10.7 Å². The molecule has 0 atom stereocenters. The van der Waals surface area contributed by atoms with Crippen LogP contribution in [0.15, 0.2) is 48.5 Å². The maximum Gasteiger partial charge on any atom is 0.141 e. The average Bonchev–Trinajstić information content (AvgIpc) is 2.76. The van der Waals surface area contributed by atoms with Gasteiger partial charge in [-0.3, -0.25) is 0 Å². The van der Waals surface area contributed by atoms with Gasteiger partial charge in [0.2, 0.25) is 0 Å². The first-order valence-corrected chi connectivity index (χ1v) is 7.26. The van der Waals surface area contributed by atoms with Gasteiger partial charge in [-0.1, -0.05) is 36.4 Å². The van der Waals surface area contributed by atoms with Gasteiger partial charge in [0.1, 0.15) is 5.82 Å². The minimum atomic E-state index is -0.291. The van der Waals surface area contributed by atoms with Crippen LogP contribution in [0, 0.1) is 6.92 Å². The van der Waals surface area contributed by atoms with Crippen molar-refractivity contribution in [3.63, 3.8) is 0 Å². The predicted octanol–water partition coefficient (Wildman–Crippen LogP) is 3.75. The zero-order valence-electron chi connectivity index (χ0n) is 12.8. The van der Waals surface area contributed by atoms with Crippen molar-refractivity contribution in [2.75, 3.05) is 0 Å². The summed E-state index contributed by atoms with van der Waals surface area (Å²) < 4.78 is 2.23. The van der Waals surface area contributed by atoms with E-state index in [-0.39, 0.29) is 5.54 Å². The van der Waals surface area contributed by atoms with E-state index in [1.165, 1.54) is 5.56 Å². The Balaban J connectivity index is 2.27. The molecule has 0 bridgehead atoms. The molecule has 21 heavy (non-hydrogen) atoms. The van der Waals surface area contributed by atoms with Crippen molar-refractivity contribution in [3.8, 4) is 11.4 Å². The van der Waals surface area contributed by atoms with Crippen molar-refractivity contribution in [2.45, 2.75) is 32.9 Å². The summed E-state index contributed by atoms with van der Waals surface area (Å²) in [5.41, 5.74) is 10.5. The Bertz CT molecular complexity index is 779. The summed E-state index contributed by atoms with van der Waals surface area (Å²) in [6, 6.07) is 16.6. The third-order valence-electron chi connectivity index (χ3n) is 3.61. The van der Waals surface area contributed by atoms with Gasteiger partial charge in [0.25, 0.3) is 0 Å². The number of fused-ring (bicyclic) bond motifs is 1. The molecule has 0 aliphatic heterocycles. The fourth-order valence-corrected chi connectivity index (χ4v) is 2.67. The maximum atomic E-state index is 6.25. The lowest BCUT2D eigenvalue weighted by Gasteiger charge is -2.21. The number of rotatable bonds is 3. The first kappa shape index (κ1) is 13.8. The van der Waals surface area contributed by atoms with E-state index >= 15 is 0 Å². The Kier molecular flexibility index (Phi) is 3.30. The second kappa shape index (κ2) is 5.01. The van der Waals surface area contributed by atoms with E-state index in [1.807, 2.05) is 26.0 Å². The van der Waals surface area contributed by atoms with Crippen LogP contribution in [0.3, 0.4) is 0 Å². The minimum Gasteiger partial charge on any atom is -0.324 e. The van der Waals surface area contributed by atoms with E-state index in [1.54, 1.807) is 0 Å². The van der Waals surface area contributed by atoms with Gasteiger partial charge < -0.3 is 10.3 Å². The summed E-state index contributed by atoms with van der Waals surface area (Å²) >= 11 is 0. The summed E-state index contributed by atoms with van der Waals surface area (Å²) in [4.78, 5) is 4.84. The molecule has 1 heterocycles. The van der Waals surface area contributed by atoms with Crippen LogP contribution in [0.1, 0.15) is 19.4 Å². The van der Waals surface area contributed by atoms with Crippen molar-refractivity contribution in [3.05, 3.63) is 54.1 Å². The molecule has 0 aliphatic rings. The quantitative estimate of drug-likeness (QED) is 0.793. The number of aryl methyl sites for hydroxylation is 1. The van der Waals surface area contributed by atoms with Crippen LogP contribution in [-0.4, -0.2) is 15.1 Å². The summed E-state index contributed by atoms with van der Waals surface area (Å²) in [6.45, 7) is 6.94. The van der Waals surface area contributed by atoms with E-state index in [0.29, 0.717) is 0 Å². The maximum absolute atomic E-state index is 6.25. The normalized spacial score (nSPS) is 12.0. The highest BCUT2D eigenvalue weighted by Crippen LogP contribution is 2.28.